The van der Waals surface area contributed by atoms with Gasteiger partial charge >= 0.3 is 0 Å². The maximum Gasteiger partial charge on any atom is 0.128 e. The van der Waals surface area contributed by atoms with Crippen molar-refractivity contribution in [2.45, 2.75) is 0 Å². The van der Waals surface area contributed by atoms with Crippen LogP contribution in [-0.2, 0) is 0 Å². The highest BCUT2D eigenvalue weighted by atomic mass is 19.1. The van der Waals surface area contributed by atoms with Crippen LogP contribution in [0.2, 0.25) is 0 Å². The lowest BCUT2D eigenvalue weighted by Gasteiger charge is -1.95. The molecule has 58 valence electrons. The van der Waals surface area contributed by atoms with Crippen LogP contribution >= 0.6 is 0 Å². The summed E-state index contributed by atoms with van der Waals surface area (Å²) in [5.74, 6) is -0.584. The van der Waals surface area contributed by atoms with Crippen LogP contribution in [0, 0.1) is 11.3 Å². The first-order chi connectivity index (χ1) is 5.11. The van der Waals surface area contributed by atoms with E-state index in [9.17, 15) is 4.39 Å². The Labute approximate surface area is 65.1 Å². The second kappa shape index (κ2) is 4.42. The Kier molecular flexibility index (Phi) is 3.86. The molecular formula is C8H9FN2. The summed E-state index contributed by atoms with van der Waals surface area (Å²) < 4.78 is 12.7. The predicted octanol–water partition coefficient (Wildman–Crippen LogP) is 1.43. The zero-order valence-electron chi connectivity index (χ0n) is 6.10. The van der Waals surface area contributed by atoms with Crippen molar-refractivity contribution in [2.75, 3.05) is 6.54 Å². The Morgan fingerprint density at radius 3 is 2.55 bits per heavy atom. The molecule has 0 aromatic carbocycles. The zero-order chi connectivity index (χ0) is 8.85. The van der Waals surface area contributed by atoms with Gasteiger partial charge in [0.1, 0.15) is 5.83 Å². The van der Waals surface area contributed by atoms with Crippen molar-refractivity contribution < 1.29 is 4.39 Å². The SMILES string of the molecule is C=C(C#N)/C=C(/F)C(=C)CN. The molecule has 0 atom stereocenters. The Morgan fingerprint density at radius 2 is 2.18 bits per heavy atom. The molecule has 0 bridgehead atoms. The summed E-state index contributed by atoms with van der Waals surface area (Å²) >= 11 is 0. The summed E-state index contributed by atoms with van der Waals surface area (Å²) in [5.41, 5.74) is 5.32. The minimum atomic E-state index is -0.584. The van der Waals surface area contributed by atoms with Gasteiger partial charge < -0.3 is 5.73 Å². The normalized spacial score (nSPS) is 10.5. The van der Waals surface area contributed by atoms with Gasteiger partial charge in [-0.1, -0.05) is 13.2 Å². The molecule has 0 aliphatic rings. The highest BCUT2D eigenvalue weighted by molar-refractivity contribution is 5.37. The van der Waals surface area contributed by atoms with Gasteiger partial charge in [-0.15, -0.1) is 0 Å². The summed E-state index contributed by atoms with van der Waals surface area (Å²) in [7, 11) is 0. The molecule has 2 nitrogen and oxygen atoms in total. The van der Waals surface area contributed by atoms with E-state index in [1.165, 1.54) is 0 Å². The van der Waals surface area contributed by atoms with Crippen molar-refractivity contribution in [1.29, 1.82) is 5.26 Å². The lowest BCUT2D eigenvalue weighted by molar-refractivity contribution is 0.647. The van der Waals surface area contributed by atoms with Crippen LogP contribution in [-0.4, -0.2) is 6.54 Å². The van der Waals surface area contributed by atoms with Crippen molar-refractivity contribution >= 4 is 0 Å². The Balaban J connectivity index is 4.37. The molecule has 0 aromatic rings. The molecule has 0 radical (unpaired) electrons. The van der Waals surface area contributed by atoms with Gasteiger partial charge in [-0.05, 0) is 11.6 Å². The smallest absolute Gasteiger partial charge is 0.128 e. The van der Waals surface area contributed by atoms with Gasteiger partial charge in [0, 0.05) is 12.1 Å². The van der Waals surface area contributed by atoms with Gasteiger partial charge in [-0.3, -0.25) is 0 Å². The van der Waals surface area contributed by atoms with Gasteiger partial charge in [0.2, 0.25) is 0 Å². The average Bonchev–Trinajstić information content (AvgIpc) is 2.02. The van der Waals surface area contributed by atoms with Crippen LogP contribution in [0.25, 0.3) is 0 Å². The lowest BCUT2D eigenvalue weighted by atomic mass is 10.2. The molecule has 0 amide bonds. The maximum atomic E-state index is 12.7. The van der Waals surface area contributed by atoms with E-state index in [0.717, 1.165) is 6.08 Å². The van der Waals surface area contributed by atoms with Gasteiger partial charge in [0.05, 0.1) is 6.07 Å². The minimum absolute atomic E-state index is 0.0427. The molecule has 2 N–H and O–H groups in total. The summed E-state index contributed by atoms with van der Waals surface area (Å²) in [6.45, 7) is 6.65. The van der Waals surface area contributed by atoms with Crippen LogP contribution in [0.3, 0.4) is 0 Å². The number of hydrogen-bond acceptors (Lipinski definition) is 2. The molecule has 3 heteroatoms. The molecule has 0 saturated heterocycles. The summed E-state index contributed by atoms with van der Waals surface area (Å²) in [6.07, 6.45) is 1.01. The number of rotatable bonds is 3. The predicted molar refractivity (Wildman–Crippen MR) is 42.1 cm³/mol. The molecule has 0 aliphatic heterocycles. The molecule has 0 fully saturated rings. The van der Waals surface area contributed by atoms with Crippen LogP contribution in [0.5, 0.6) is 0 Å². The second-order valence-electron chi connectivity index (χ2n) is 1.94. The number of hydrogen-bond donors (Lipinski definition) is 1. The second-order valence-corrected chi connectivity index (χ2v) is 1.94. The van der Waals surface area contributed by atoms with Crippen LogP contribution in [0.4, 0.5) is 4.39 Å². The first kappa shape index (κ1) is 9.60. The van der Waals surface area contributed by atoms with E-state index in [2.05, 4.69) is 13.2 Å². The average molecular weight is 152 g/mol. The lowest BCUT2D eigenvalue weighted by Crippen LogP contribution is -2.02. The Bertz CT molecular complexity index is 245. The monoisotopic (exact) mass is 152 g/mol. The van der Waals surface area contributed by atoms with Crippen molar-refractivity contribution in [1.82, 2.24) is 0 Å². The van der Waals surface area contributed by atoms with E-state index in [-0.39, 0.29) is 17.7 Å². The molecule has 11 heavy (non-hydrogen) atoms. The van der Waals surface area contributed by atoms with Crippen LogP contribution in [0.1, 0.15) is 0 Å². The van der Waals surface area contributed by atoms with Gasteiger partial charge in [-0.2, -0.15) is 5.26 Å². The summed E-state index contributed by atoms with van der Waals surface area (Å²) in [6, 6.07) is 1.68. The van der Waals surface area contributed by atoms with Crippen LogP contribution < -0.4 is 5.73 Å². The summed E-state index contributed by atoms with van der Waals surface area (Å²) in [5, 5.41) is 8.22. The quantitative estimate of drug-likeness (QED) is 0.491. The topological polar surface area (TPSA) is 49.8 Å². The van der Waals surface area contributed by atoms with Gasteiger partial charge in [0.15, 0.2) is 0 Å². The highest BCUT2D eigenvalue weighted by Crippen LogP contribution is 2.09. The minimum Gasteiger partial charge on any atom is -0.326 e. The zero-order valence-corrected chi connectivity index (χ0v) is 6.10. The van der Waals surface area contributed by atoms with E-state index in [0.29, 0.717) is 0 Å². The number of nitrogens with zero attached hydrogens (tertiary/aromatic N) is 1. The van der Waals surface area contributed by atoms with Crippen LogP contribution in [0.15, 0.2) is 36.2 Å². The van der Waals surface area contributed by atoms with Crippen molar-refractivity contribution in [3.05, 3.63) is 36.2 Å². The molecular weight excluding hydrogens is 143 g/mol. The third-order valence-corrected chi connectivity index (χ3v) is 1.03. The molecule has 0 saturated carbocycles. The maximum absolute atomic E-state index is 12.7. The van der Waals surface area contributed by atoms with E-state index < -0.39 is 5.83 Å². The van der Waals surface area contributed by atoms with Crippen molar-refractivity contribution in [2.24, 2.45) is 5.73 Å². The fourth-order valence-corrected chi connectivity index (χ4v) is 0.385. The molecule has 0 heterocycles. The van der Waals surface area contributed by atoms with Gasteiger partial charge in [0.25, 0.3) is 0 Å². The van der Waals surface area contributed by atoms with E-state index in [1.54, 1.807) is 6.07 Å². The molecule has 0 rings (SSSR count). The first-order valence-electron chi connectivity index (χ1n) is 2.96. The third-order valence-electron chi connectivity index (χ3n) is 1.03. The first-order valence-corrected chi connectivity index (χ1v) is 2.96. The Morgan fingerprint density at radius 1 is 1.64 bits per heavy atom. The van der Waals surface area contributed by atoms with Crippen molar-refractivity contribution in [3.63, 3.8) is 0 Å². The van der Waals surface area contributed by atoms with E-state index in [4.69, 9.17) is 11.0 Å². The Hall–Kier alpha value is -1.40. The third kappa shape index (κ3) is 3.33. The number of halogens is 1. The number of nitrogens with two attached hydrogens (primary N) is 1. The molecule has 0 spiro atoms. The molecule has 0 unspecified atom stereocenters. The number of allylic oxidation sites excluding steroid dienone is 2. The van der Waals surface area contributed by atoms with E-state index in [1.807, 2.05) is 0 Å². The fraction of sp³-hybridized carbons (Fsp3) is 0.125. The van der Waals surface area contributed by atoms with Gasteiger partial charge in [-0.25, -0.2) is 4.39 Å². The molecule has 0 aliphatic carbocycles. The number of nitriles is 1. The summed E-state index contributed by atoms with van der Waals surface area (Å²) in [4.78, 5) is 0. The highest BCUT2D eigenvalue weighted by Gasteiger charge is 1.98. The standard InChI is InChI=1S/C8H9FN2/c1-6(4-10)3-8(9)7(2)5-11/h3H,1-2,5,11H2/b8-3+. The molecule has 0 aromatic heterocycles. The van der Waals surface area contributed by atoms with Crippen molar-refractivity contribution in [3.8, 4) is 6.07 Å². The van der Waals surface area contributed by atoms with E-state index >= 15 is 0 Å². The fourth-order valence-electron chi connectivity index (χ4n) is 0.385. The largest absolute Gasteiger partial charge is 0.326 e.